The number of nitrogens with one attached hydrogen (secondary N) is 1. The third-order valence-corrected chi connectivity index (χ3v) is 2.52. The zero-order valence-corrected chi connectivity index (χ0v) is 8.45. The topological polar surface area (TPSA) is 32.3 Å². The van der Waals surface area contributed by atoms with Gasteiger partial charge in [-0.1, -0.05) is 12.1 Å². The molecule has 0 radical (unpaired) electrons. The van der Waals surface area contributed by atoms with Crippen molar-refractivity contribution in [3.8, 4) is 0 Å². The van der Waals surface area contributed by atoms with E-state index in [2.05, 4.69) is 5.32 Å². The molecule has 0 unspecified atom stereocenters. The molecule has 0 saturated heterocycles. The van der Waals surface area contributed by atoms with E-state index in [9.17, 15) is 4.79 Å². The number of carbonyl (C=O) groups is 1. The molecular weight excluding hydrogens is 176 g/mol. The van der Waals surface area contributed by atoms with Gasteiger partial charge in [0.1, 0.15) is 0 Å². The third kappa shape index (κ3) is 1.45. The lowest BCUT2D eigenvalue weighted by atomic mass is 10.2. The Labute approximate surface area is 83.7 Å². The highest BCUT2D eigenvalue weighted by Crippen LogP contribution is 2.28. The van der Waals surface area contributed by atoms with Crippen molar-refractivity contribution >= 4 is 17.3 Å². The lowest BCUT2D eigenvalue weighted by molar-refractivity contribution is -0.118. The Morgan fingerprint density at radius 1 is 1.43 bits per heavy atom. The first kappa shape index (κ1) is 9.06. The van der Waals surface area contributed by atoms with Gasteiger partial charge in [0, 0.05) is 19.5 Å². The monoisotopic (exact) mass is 190 g/mol. The van der Waals surface area contributed by atoms with E-state index in [0.29, 0.717) is 6.42 Å². The summed E-state index contributed by atoms with van der Waals surface area (Å²) < 4.78 is 0. The lowest BCUT2D eigenvalue weighted by Gasteiger charge is -2.16. The summed E-state index contributed by atoms with van der Waals surface area (Å²) in [5.74, 6) is 0.162. The number of benzene rings is 1. The number of hydrogen-bond acceptors (Lipinski definition) is 2. The summed E-state index contributed by atoms with van der Waals surface area (Å²) in [5.41, 5.74) is 2.00. The molecule has 0 aromatic heterocycles. The van der Waals surface area contributed by atoms with E-state index in [1.165, 1.54) is 0 Å². The van der Waals surface area contributed by atoms with Gasteiger partial charge < -0.3 is 10.2 Å². The highest BCUT2D eigenvalue weighted by atomic mass is 16.2. The lowest BCUT2D eigenvalue weighted by Crippen LogP contribution is -2.27. The van der Waals surface area contributed by atoms with Crippen LogP contribution in [0.15, 0.2) is 24.3 Å². The van der Waals surface area contributed by atoms with Gasteiger partial charge >= 0.3 is 0 Å². The molecule has 0 spiro atoms. The predicted molar refractivity (Wildman–Crippen MR) is 57.6 cm³/mol. The Balaban J connectivity index is 2.46. The molecule has 1 atom stereocenters. The van der Waals surface area contributed by atoms with Crippen LogP contribution in [0.3, 0.4) is 0 Å². The minimum Gasteiger partial charge on any atom is -0.380 e. The van der Waals surface area contributed by atoms with Gasteiger partial charge in [-0.05, 0) is 19.1 Å². The summed E-state index contributed by atoms with van der Waals surface area (Å²) in [5, 5.41) is 3.32. The number of amides is 1. The third-order valence-electron chi connectivity index (χ3n) is 2.52. The van der Waals surface area contributed by atoms with Crippen molar-refractivity contribution in [1.82, 2.24) is 0 Å². The number of rotatable bonds is 0. The molecule has 1 aliphatic rings. The maximum absolute atomic E-state index is 11.7. The zero-order chi connectivity index (χ0) is 10.1. The Hall–Kier alpha value is -1.51. The second-order valence-corrected chi connectivity index (χ2v) is 3.72. The zero-order valence-electron chi connectivity index (χ0n) is 8.45. The first-order valence-corrected chi connectivity index (χ1v) is 4.80. The maximum Gasteiger partial charge on any atom is 0.228 e. The van der Waals surface area contributed by atoms with E-state index >= 15 is 0 Å². The second kappa shape index (κ2) is 3.33. The van der Waals surface area contributed by atoms with Crippen LogP contribution in [0.25, 0.3) is 0 Å². The summed E-state index contributed by atoms with van der Waals surface area (Å²) in [4.78, 5) is 13.4. The Morgan fingerprint density at radius 2 is 2.14 bits per heavy atom. The van der Waals surface area contributed by atoms with E-state index in [0.717, 1.165) is 11.4 Å². The molecule has 2 rings (SSSR count). The Kier molecular flexibility index (Phi) is 2.15. The molecule has 0 fully saturated rings. The van der Waals surface area contributed by atoms with Gasteiger partial charge in [0.25, 0.3) is 0 Å². The molecule has 74 valence electrons. The molecule has 3 heteroatoms. The van der Waals surface area contributed by atoms with Crippen molar-refractivity contribution in [3.05, 3.63) is 24.3 Å². The van der Waals surface area contributed by atoms with Crippen molar-refractivity contribution in [2.24, 2.45) is 0 Å². The SMILES string of the molecule is C[C@H]1CC(=O)N(C)c2ccccc2N1. The van der Waals surface area contributed by atoms with E-state index in [-0.39, 0.29) is 11.9 Å². The van der Waals surface area contributed by atoms with Crippen LogP contribution in [0.1, 0.15) is 13.3 Å². The summed E-state index contributed by atoms with van der Waals surface area (Å²) in [7, 11) is 1.82. The minimum atomic E-state index is 0.162. The first-order chi connectivity index (χ1) is 6.68. The Morgan fingerprint density at radius 3 is 2.93 bits per heavy atom. The van der Waals surface area contributed by atoms with Gasteiger partial charge in [0.2, 0.25) is 5.91 Å². The largest absolute Gasteiger partial charge is 0.380 e. The number of para-hydroxylation sites is 2. The van der Waals surface area contributed by atoms with Crippen LogP contribution in [-0.4, -0.2) is 19.0 Å². The average molecular weight is 190 g/mol. The van der Waals surface area contributed by atoms with Crippen LogP contribution >= 0.6 is 0 Å². The van der Waals surface area contributed by atoms with Crippen molar-refractivity contribution in [3.63, 3.8) is 0 Å². The quantitative estimate of drug-likeness (QED) is 0.677. The number of carbonyl (C=O) groups excluding carboxylic acids is 1. The Bertz CT molecular complexity index is 362. The molecule has 14 heavy (non-hydrogen) atoms. The van der Waals surface area contributed by atoms with Gasteiger partial charge in [0.15, 0.2) is 0 Å². The minimum absolute atomic E-state index is 0.162. The van der Waals surface area contributed by atoms with Crippen LogP contribution in [-0.2, 0) is 4.79 Å². The molecular formula is C11H14N2O. The van der Waals surface area contributed by atoms with Crippen molar-refractivity contribution < 1.29 is 4.79 Å². The fraction of sp³-hybridized carbons (Fsp3) is 0.364. The van der Waals surface area contributed by atoms with Crippen molar-refractivity contribution in [1.29, 1.82) is 0 Å². The number of nitrogens with zero attached hydrogens (tertiary/aromatic N) is 1. The molecule has 0 saturated carbocycles. The number of hydrogen-bond donors (Lipinski definition) is 1. The first-order valence-electron chi connectivity index (χ1n) is 4.80. The van der Waals surface area contributed by atoms with Gasteiger partial charge in [0.05, 0.1) is 11.4 Å². The molecule has 1 N–H and O–H groups in total. The van der Waals surface area contributed by atoms with E-state index in [4.69, 9.17) is 0 Å². The summed E-state index contributed by atoms with van der Waals surface area (Å²) >= 11 is 0. The average Bonchev–Trinajstić information content (AvgIpc) is 2.26. The smallest absolute Gasteiger partial charge is 0.228 e. The van der Waals surface area contributed by atoms with E-state index in [1.807, 2.05) is 38.2 Å². The van der Waals surface area contributed by atoms with Crippen molar-refractivity contribution in [2.45, 2.75) is 19.4 Å². The predicted octanol–water partition coefficient (Wildman–Crippen LogP) is 1.85. The highest BCUT2D eigenvalue weighted by Gasteiger charge is 2.21. The van der Waals surface area contributed by atoms with Crippen LogP contribution < -0.4 is 10.2 Å². The maximum atomic E-state index is 11.7. The van der Waals surface area contributed by atoms with Gasteiger partial charge in [-0.2, -0.15) is 0 Å². The van der Waals surface area contributed by atoms with E-state index in [1.54, 1.807) is 4.90 Å². The molecule has 0 bridgehead atoms. The van der Waals surface area contributed by atoms with Crippen LogP contribution in [0, 0.1) is 0 Å². The molecule has 3 nitrogen and oxygen atoms in total. The normalized spacial score (nSPS) is 21.1. The molecule has 1 aromatic carbocycles. The fourth-order valence-electron chi connectivity index (χ4n) is 1.74. The van der Waals surface area contributed by atoms with Crippen LogP contribution in [0.4, 0.5) is 11.4 Å². The molecule has 0 aliphatic carbocycles. The molecule has 1 aliphatic heterocycles. The van der Waals surface area contributed by atoms with E-state index < -0.39 is 0 Å². The fourth-order valence-corrected chi connectivity index (χ4v) is 1.74. The number of fused-ring (bicyclic) bond motifs is 1. The second-order valence-electron chi connectivity index (χ2n) is 3.72. The summed E-state index contributed by atoms with van der Waals surface area (Å²) in [6.07, 6.45) is 0.547. The number of anilines is 2. The molecule has 1 heterocycles. The molecule has 1 amide bonds. The van der Waals surface area contributed by atoms with Gasteiger partial charge in [-0.15, -0.1) is 0 Å². The van der Waals surface area contributed by atoms with Gasteiger partial charge in [-0.25, -0.2) is 0 Å². The summed E-state index contributed by atoms with van der Waals surface area (Å²) in [6, 6.07) is 8.08. The summed E-state index contributed by atoms with van der Waals surface area (Å²) in [6.45, 7) is 2.02. The van der Waals surface area contributed by atoms with Crippen LogP contribution in [0.2, 0.25) is 0 Å². The van der Waals surface area contributed by atoms with Crippen molar-refractivity contribution in [2.75, 3.05) is 17.3 Å². The standard InChI is InChI=1S/C11H14N2O/c1-8-7-11(14)13(2)10-6-4-3-5-9(10)12-8/h3-6,8,12H,7H2,1-2H3/t8-/m0/s1. The highest BCUT2D eigenvalue weighted by molar-refractivity contribution is 5.98. The molecule has 1 aromatic rings. The van der Waals surface area contributed by atoms with Gasteiger partial charge in [-0.3, -0.25) is 4.79 Å². The van der Waals surface area contributed by atoms with Crippen LogP contribution in [0.5, 0.6) is 0 Å².